The molecule has 5 rings (SSSR count). The highest BCUT2D eigenvalue weighted by Crippen LogP contribution is 2.23. The van der Waals surface area contributed by atoms with E-state index in [1.54, 1.807) is 0 Å². The molecule has 2 fully saturated rings. The van der Waals surface area contributed by atoms with E-state index < -0.39 is 0 Å². The standard InChI is InChI=1S/C24H28N4O2.2ClH/c29-23(20-8-6-18(7-9-20)16-19-10-11-25-17-19)27-12-3-13-28(15-14-27)24-26-21-4-1-2-5-22(21)30-24;;/h1-2,4-9,19,25H,3,10-17H2;2*1H. The van der Waals surface area contributed by atoms with Crippen molar-refractivity contribution in [2.24, 2.45) is 5.92 Å². The van der Waals surface area contributed by atoms with Crippen molar-refractivity contribution in [2.75, 3.05) is 44.2 Å². The molecular formula is C24H30Cl2N4O2. The van der Waals surface area contributed by atoms with Gasteiger partial charge in [-0.1, -0.05) is 24.3 Å². The summed E-state index contributed by atoms with van der Waals surface area (Å²) in [5.41, 5.74) is 3.77. The van der Waals surface area contributed by atoms with Gasteiger partial charge in [0.15, 0.2) is 5.58 Å². The molecule has 0 saturated carbocycles. The van der Waals surface area contributed by atoms with Crippen molar-refractivity contribution in [3.63, 3.8) is 0 Å². The van der Waals surface area contributed by atoms with E-state index in [0.29, 0.717) is 12.6 Å². The summed E-state index contributed by atoms with van der Waals surface area (Å²) in [6.07, 6.45) is 3.23. The van der Waals surface area contributed by atoms with E-state index in [2.05, 4.69) is 27.3 Å². The molecule has 2 aromatic carbocycles. The monoisotopic (exact) mass is 476 g/mol. The summed E-state index contributed by atoms with van der Waals surface area (Å²) in [4.78, 5) is 21.8. The SMILES string of the molecule is Cl.Cl.O=C(c1ccc(CC2CCNC2)cc1)N1CCCN(c2nc3ccccc3o2)CC1. The van der Waals surface area contributed by atoms with Crippen LogP contribution >= 0.6 is 24.8 Å². The molecule has 0 bridgehead atoms. The van der Waals surface area contributed by atoms with Gasteiger partial charge in [0.1, 0.15) is 5.52 Å². The van der Waals surface area contributed by atoms with Crippen LogP contribution in [0.15, 0.2) is 52.9 Å². The highest BCUT2D eigenvalue weighted by Gasteiger charge is 2.23. The molecule has 0 spiro atoms. The van der Waals surface area contributed by atoms with Crippen molar-refractivity contribution in [3.8, 4) is 0 Å². The molecule has 1 atom stereocenters. The number of fused-ring (bicyclic) bond motifs is 1. The Bertz CT molecular complexity index is 985. The maximum absolute atomic E-state index is 13.1. The van der Waals surface area contributed by atoms with Crippen LogP contribution in [0.5, 0.6) is 0 Å². The molecule has 32 heavy (non-hydrogen) atoms. The quantitative estimate of drug-likeness (QED) is 0.611. The fourth-order valence-corrected chi connectivity index (χ4v) is 4.50. The third-order valence-electron chi connectivity index (χ3n) is 6.22. The van der Waals surface area contributed by atoms with Gasteiger partial charge >= 0.3 is 0 Å². The Labute approximate surface area is 201 Å². The van der Waals surface area contributed by atoms with Gasteiger partial charge in [-0.2, -0.15) is 4.98 Å². The zero-order valence-corrected chi connectivity index (χ0v) is 19.7. The normalized spacial score (nSPS) is 18.7. The second-order valence-electron chi connectivity index (χ2n) is 8.36. The van der Waals surface area contributed by atoms with E-state index in [1.165, 1.54) is 12.0 Å². The van der Waals surface area contributed by atoms with E-state index in [1.807, 2.05) is 41.3 Å². The molecule has 0 radical (unpaired) electrons. The molecule has 1 amide bonds. The minimum absolute atomic E-state index is 0. The molecule has 172 valence electrons. The number of nitrogens with one attached hydrogen (secondary N) is 1. The number of rotatable bonds is 4. The fourth-order valence-electron chi connectivity index (χ4n) is 4.50. The van der Waals surface area contributed by atoms with Crippen LogP contribution in [0.25, 0.3) is 11.1 Å². The van der Waals surface area contributed by atoms with Gasteiger partial charge < -0.3 is 19.5 Å². The highest BCUT2D eigenvalue weighted by molar-refractivity contribution is 5.94. The number of hydrogen-bond donors (Lipinski definition) is 1. The Morgan fingerprint density at radius 3 is 2.59 bits per heavy atom. The number of carbonyl (C=O) groups is 1. The molecule has 3 heterocycles. The van der Waals surface area contributed by atoms with E-state index in [4.69, 9.17) is 4.42 Å². The van der Waals surface area contributed by atoms with E-state index in [-0.39, 0.29) is 30.7 Å². The van der Waals surface area contributed by atoms with Crippen molar-refractivity contribution in [3.05, 3.63) is 59.7 Å². The number of amides is 1. The van der Waals surface area contributed by atoms with Gasteiger partial charge in [0.2, 0.25) is 0 Å². The lowest BCUT2D eigenvalue weighted by molar-refractivity contribution is 0.0767. The van der Waals surface area contributed by atoms with Crippen LogP contribution in [-0.2, 0) is 6.42 Å². The van der Waals surface area contributed by atoms with Gasteiger partial charge in [-0.15, -0.1) is 24.8 Å². The van der Waals surface area contributed by atoms with E-state index in [0.717, 1.165) is 68.1 Å². The zero-order valence-electron chi connectivity index (χ0n) is 18.0. The summed E-state index contributed by atoms with van der Waals surface area (Å²) in [5, 5.41) is 3.42. The topological polar surface area (TPSA) is 61.6 Å². The van der Waals surface area contributed by atoms with Gasteiger partial charge in [0, 0.05) is 31.7 Å². The summed E-state index contributed by atoms with van der Waals surface area (Å²) in [7, 11) is 0. The zero-order chi connectivity index (χ0) is 20.3. The number of para-hydroxylation sites is 2. The van der Waals surface area contributed by atoms with Crippen molar-refractivity contribution in [1.82, 2.24) is 15.2 Å². The molecule has 0 aliphatic carbocycles. The first kappa shape index (κ1) is 24.4. The molecule has 3 aromatic rings. The van der Waals surface area contributed by atoms with Gasteiger partial charge in [0.25, 0.3) is 11.9 Å². The Morgan fingerprint density at radius 1 is 1.03 bits per heavy atom. The number of carbonyl (C=O) groups excluding carboxylic acids is 1. The first-order valence-electron chi connectivity index (χ1n) is 11.0. The number of hydrogen-bond acceptors (Lipinski definition) is 5. The Balaban J connectivity index is 0.00000144. The third-order valence-corrected chi connectivity index (χ3v) is 6.22. The maximum Gasteiger partial charge on any atom is 0.298 e. The molecular weight excluding hydrogens is 447 g/mol. The summed E-state index contributed by atoms with van der Waals surface area (Å²) in [5.74, 6) is 0.832. The molecule has 1 unspecified atom stereocenters. The van der Waals surface area contributed by atoms with Crippen LogP contribution in [0.4, 0.5) is 6.01 Å². The minimum atomic E-state index is 0. The minimum Gasteiger partial charge on any atom is -0.423 e. The Morgan fingerprint density at radius 2 is 1.84 bits per heavy atom. The lowest BCUT2D eigenvalue weighted by Crippen LogP contribution is -2.35. The molecule has 8 heteroatoms. The van der Waals surface area contributed by atoms with Gasteiger partial charge in [-0.25, -0.2) is 0 Å². The van der Waals surface area contributed by atoms with Crippen LogP contribution in [0.2, 0.25) is 0 Å². The van der Waals surface area contributed by atoms with Crippen molar-refractivity contribution in [2.45, 2.75) is 19.3 Å². The Hall–Kier alpha value is -2.28. The lowest BCUT2D eigenvalue weighted by atomic mass is 9.98. The van der Waals surface area contributed by atoms with Crippen molar-refractivity contribution in [1.29, 1.82) is 0 Å². The number of nitrogens with zero attached hydrogens (tertiary/aromatic N) is 3. The Kier molecular flexibility index (Phi) is 8.40. The van der Waals surface area contributed by atoms with Crippen LogP contribution < -0.4 is 10.2 Å². The molecule has 2 saturated heterocycles. The van der Waals surface area contributed by atoms with Gasteiger partial charge in [0.05, 0.1) is 0 Å². The number of anilines is 1. The number of oxazole rings is 1. The molecule has 6 nitrogen and oxygen atoms in total. The average Bonchev–Trinajstić information content (AvgIpc) is 3.38. The predicted octanol–water partition coefficient (Wildman–Crippen LogP) is 4.18. The summed E-state index contributed by atoms with van der Waals surface area (Å²) in [6, 6.07) is 16.7. The van der Waals surface area contributed by atoms with Crippen LogP contribution in [-0.4, -0.2) is 55.1 Å². The van der Waals surface area contributed by atoms with Crippen LogP contribution in [0, 0.1) is 5.92 Å². The summed E-state index contributed by atoms with van der Waals surface area (Å²) in [6.45, 7) is 5.22. The second-order valence-corrected chi connectivity index (χ2v) is 8.36. The number of benzene rings is 2. The molecule has 2 aliphatic rings. The first-order valence-corrected chi connectivity index (χ1v) is 11.0. The molecule has 1 N–H and O–H groups in total. The largest absolute Gasteiger partial charge is 0.423 e. The molecule has 1 aromatic heterocycles. The number of halogens is 2. The third kappa shape index (κ3) is 5.37. The number of aromatic nitrogens is 1. The van der Waals surface area contributed by atoms with Gasteiger partial charge in [-0.05, 0) is 68.1 Å². The highest BCUT2D eigenvalue weighted by atomic mass is 35.5. The van der Waals surface area contributed by atoms with E-state index in [9.17, 15) is 4.79 Å². The first-order chi connectivity index (χ1) is 14.8. The molecule has 2 aliphatic heterocycles. The van der Waals surface area contributed by atoms with E-state index >= 15 is 0 Å². The lowest BCUT2D eigenvalue weighted by Gasteiger charge is -2.21. The van der Waals surface area contributed by atoms with Crippen molar-refractivity contribution < 1.29 is 9.21 Å². The fraction of sp³-hybridized carbons (Fsp3) is 0.417. The predicted molar refractivity (Wildman–Crippen MR) is 132 cm³/mol. The van der Waals surface area contributed by atoms with Crippen molar-refractivity contribution >= 4 is 47.8 Å². The smallest absolute Gasteiger partial charge is 0.298 e. The van der Waals surface area contributed by atoms with Crippen LogP contribution in [0.3, 0.4) is 0 Å². The second kappa shape index (κ2) is 11.0. The average molecular weight is 477 g/mol. The summed E-state index contributed by atoms with van der Waals surface area (Å²) < 4.78 is 5.92. The maximum atomic E-state index is 13.1. The van der Waals surface area contributed by atoms with Gasteiger partial charge in [-0.3, -0.25) is 4.79 Å². The summed E-state index contributed by atoms with van der Waals surface area (Å²) >= 11 is 0. The van der Waals surface area contributed by atoms with Crippen LogP contribution in [0.1, 0.15) is 28.8 Å².